The van der Waals surface area contributed by atoms with Gasteiger partial charge < -0.3 is 4.90 Å². The quantitative estimate of drug-likeness (QED) is 0.825. The Morgan fingerprint density at radius 1 is 0.962 bits per heavy atom. The molecule has 5 aliphatic rings. The Morgan fingerprint density at radius 3 is 2.12 bits per heavy atom. The maximum absolute atomic E-state index is 13.9. The zero-order valence-electron chi connectivity index (χ0n) is 15.5. The van der Waals surface area contributed by atoms with Gasteiger partial charge in [-0.15, -0.1) is 0 Å². The molecule has 1 aromatic rings. The summed E-state index contributed by atoms with van der Waals surface area (Å²) in [5, 5.41) is 0. The van der Waals surface area contributed by atoms with Crippen LogP contribution in [-0.2, 0) is 11.3 Å². The van der Waals surface area contributed by atoms with Crippen LogP contribution in [0, 0.1) is 29.0 Å². The largest absolute Gasteiger partial charge is 0.340 e. The summed E-state index contributed by atoms with van der Waals surface area (Å²) in [6.07, 6.45) is 7.57. The number of benzene rings is 1. The lowest BCUT2D eigenvalue weighted by Crippen LogP contribution is -2.58. The van der Waals surface area contributed by atoms with Crippen LogP contribution in [0.3, 0.4) is 0 Å². The molecule has 4 aliphatic carbocycles. The number of carbonyl (C=O) groups is 1. The molecule has 26 heavy (non-hydrogen) atoms. The van der Waals surface area contributed by atoms with Gasteiger partial charge >= 0.3 is 0 Å². The molecule has 1 aliphatic heterocycles. The fourth-order valence-electron chi connectivity index (χ4n) is 6.68. The second-order valence-corrected chi connectivity index (χ2v) is 9.36. The number of piperazine rings is 1. The van der Waals surface area contributed by atoms with E-state index in [0.29, 0.717) is 12.5 Å². The summed E-state index contributed by atoms with van der Waals surface area (Å²) < 4.78 is 13.9. The summed E-state index contributed by atoms with van der Waals surface area (Å²) >= 11 is 0. The fraction of sp³-hybridized carbons (Fsp3) is 0.682. The van der Waals surface area contributed by atoms with Crippen LogP contribution in [-0.4, -0.2) is 41.9 Å². The van der Waals surface area contributed by atoms with Crippen LogP contribution in [0.15, 0.2) is 24.3 Å². The van der Waals surface area contributed by atoms with E-state index in [1.54, 1.807) is 6.07 Å². The highest BCUT2D eigenvalue weighted by atomic mass is 19.1. The molecule has 6 rings (SSSR count). The minimum atomic E-state index is -0.125. The average molecular weight is 356 g/mol. The lowest BCUT2D eigenvalue weighted by Gasteiger charge is -2.57. The Kier molecular flexibility index (Phi) is 4.07. The summed E-state index contributed by atoms with van der Waals surface area (Å²) in [7, 11) is 0. The van der Waals surface area contributed by atoms with E-state index in [4.69, 9.17) is 0 Å². The highest BCUT2D eigenvalue weighted by Crippen LogP contribution is 2.60. The van der Waals surface area contributed by atoms with Crippen molar-refractivity contribution in [3.63, 3.8) is 0 Å². The molecule has 0 spiro atoms. The molecule has 0 radical (unpaired) electrons. The highest BCUT2D eigenvalue weighted by Gasteiger charge is 2.55. The number of hydrogen-bond acceptors (Lipinski definition) is 2. The molecule has 5 fully saturated rings. The van der Waals surface area contributed by atoms with Gasteiger partial charge in [-0.25, -0.2) is 4.39 Å². The van der Waals surface area contributed by atoms with Crippen LogP contribution >= 0.6 is 0 Å². The molecule has 0 N–H and O–H groups in total. The average Bonchev–Trinajstić information content (AvgIpc) is 2.63. The summed E-state index contributed by atoms with van der Waals surface area (Å²) in [5.74, 6) is 2.76. The Morgan fingerprint density at radius 2 is 1.54 bits per heavy atom. The number of nitrogens with zero attached hydrogens (tertiary/aromatic N) is 2. The number of hydrogen-bond donors (Lipinski definition) is 0. The third-order valence-electron chi connectivity index (χ3n) is 7.50. The van der Waals surface area contributed by atoms with E-state index in [9.17, 15) is 9.18 Å². The van der Waals surface area contributed by atoms with Crippen molar-refractivity contribution >= 4 is 5.91 Å². The number of halogens is 1. The predicted octanol–water partition coefficient (Wildman–Crippen LogP) is 3.69. The van der Waals surface area contributed by atoms with E-state index in [-0.39, 0.29) is 11.2 Å². The SMILES string of the molecule is O=C(N1CCN(Cc2ccccc2F)CC1)C12CC3CC(CC(C3)C1)C2. The molecule has 3 nitrogen and oxygen atoms in total. The van der Waals surface area contributed by atoms with Gasteiger partial charge in [0.15, 0.2) is 0 Å². The molecule has 0 aromatic heterocycles. The molecule has 4 bridgehead atoms. The van der Waals surface area contributed by atoms with E-state index >= 15 is 0 Å². The summed E-state index contributed by atoms with van der Waals surface area (Å²) in [6.45, 7) is 3.95. The van der Waals surface area contributed by atoms with Crippen LogP contribution < -0.4 is 0 Å². The minimum Gasteiger partial charge on any atom is -0.340 e. The van der Waals surface area contributed by atoms with Crippen LogP contribution in [0.4, 0.5) is 4.39 Å². The normalized spacial score (nSPS) is 36.5. The van der Waals surface area contributed by atoms with E-state index in [2.05, 4.69) is 9.80 Å². The van der Waals surface area contributed by atoms with E-state index < -0.39 is 0 Å². The molecule has 4 heteroatoms. The Balaban J connectivity index is 1.22. The van der Waals surface area contributed by atoms with Gasteiger partial charge in [-0.3, -0.25) is 9.69 Å². The molecular weight excluding hydrogens is 327 g/mol. The number of carbonyl (C=O) groups excluding carboxylic acids is 1. The van der Waals surface area contributed by atoms with Crippen LogP contribution in [0.1, 0.15) is 44.1 Å². The fourth-order valence-corrected chi connectivity index (χ4v) is 6.68. The molecule has 140 valence electrons. The Labute approximate surface area is 155 Å². The molecule has 0 atom stereocenters. The molecule has 1 saturated heterocycles. The van der Waals surface area contributed by atoms with Gasteiger partial charge in [-0.2, -0.15) is 0 Å². The van der Waals surface area contributed by atoms with Crippen molar-refractivity contribution in [1.82, 2.24) is 9.80 Å². The third kappa shape index (κ3) is 2.87. The van der Waals surface area contributed by atoms with Gasteiger partial charge in [-0.1, -0.05) is 18.2 Å². The van der Waals surface area contributed by atoms with Crippen LogP contribution in [0.2, 0.25) is 0 Å². The van der Waals surface area contributed by atoms with Crippen LogP contribution in [0.25, 0.3) is 0 Å². The minimum absolute atomic E-state index is 0.0253. The Bertz CT molecular complexity index is 660. The maximum Gasteiger partial charge on any atom is 0.228 e. The maximum atomic E-state index is 13.9. The smallest absolute Gasteiger partial charge is 0.228 e. The second-order valence-electron chi connectivity index (χ2n) is 9.36. The summed E-state index contributed by atoms with van der Waals surface area (Å²) in [5.41, 5.74) is 0.732. The van der Waals surface area contributed by atoms with Crippen molar-refractivity contribution in [1.29, 1.82) is 0 Å². The predicted molar refractivity (Wildman–Crippen MR) is 98.9 cm³/mol. The van der Waals surface area contributed by atoms with Gasteiger partial charge in [0, 0.05) is 38.3 Å². The summed E-state index contributed by atoms with van der Waals surface area (Å²) in [6, 6.07) is 7.02. The van der Waals surface area contributed by atoms with Crippen molar-refractivity contribution < 1.29 is 9.18 Å². The topological polar surface area (TPSA) is 23.6 Å². The van der Waals surface area contributed by atoms with Crippen molar-refractivity contribution in [2.24, 2.45) is 23.2 Å². The molecule has 1 amide bonds. The lowest BCUT2D eigenvalue weighted by molar-refractivity contribution is -0.159. The first kappa shape index (κ1) is 16.7. The summed E-state index contributed by atoms with van der Waals surface area (Å²) in [4.78, 5) is 17.8. The van der Waals surface area contributed by atoms with Gasteiger partial charge in [0.05, 0.1) is 5.41 Å². The van der Waals surface area contributed by atoms with Crippen molar-refractivity contribution in [3.05, 3.63) is 35.6 Å². The van der Waals surface area contributed by atoms with Crippen molar-refractivity contribution in [2.75, 3.05) is 26.2 Å². The standard InChI is InChI=1S/C22H29FN2O/c23-20-4-2-1-3-19(20)15-24-5-7-25(8-6-24)21(26)22-12-16-9-17(13-22)11-18(10-16)14-22/h1-4,16-18H,5-15H2. The molecular formula is C22H29FN2O. The first-order valence-corrected chi connectivity index (χ1v) is 10.4. The van der Waals surface area contributed by atoms with E-state index in [0.717, 1.165) is 68.8 Å². The molecule has 0 unspecified atom stereocenters. The number of rotatable bonds is 3. The first-order valence-electron chi connectivity index (χ1n) is 10.4. The Hall–Kier alpha value is -1.42. The second kappa shape index (κ2) is 6.33. The molecule has 1 aromatic carbocycles. The van der Waals surface area contributed by atoms with Gasteiger partial charge in [0.25, 0.3) is 0 Å². The van der Waals surface area contributed by atoms with Crippen molar-refractivity contribution in [2.45, 2.75) is 45.1 Å². The first-order chi connectivity index (χ1) is 12.6. The lowest BCUT2D eigenvalue weighted by atomic mass is 9.49. The monoisotopic (exact) mass is 356 g/mol. The van der Waals surface area contributed by atoms with Gasteiger partial charge in [0.2, 0.25) is 5.91 Å². The van der Waals surface area contributed by atoms with Gasteiger partial charge in [-0.05, 0) is 62.3 Å². The zero-order chi connectivity index (χ0) is 17.7. The highest BCUT2D eigenvalue weighted by molar-refractivity contribution is 5.83. The van der Waals surface area contributed by atoms with Crippen LogP contribution in [0.5, 0.6) is 0 Å². The van der Waals surface area contributed by atoms with Gasteiger partial charge in [0.1, 0.15) is 5.82 Å². The van der Waals surface area contributed by atoms with E-state index in [1.807, 2.05) is 12.1 Å². The number of amides is 1. The third-order valence-corrected chi connectivity index (χ3v) is 7.50. The van der Waals surface area contributed by atoms with Crippen molar-refractivity contribution in [3.8, 4) is 0 Å². The molecule has 4 saturated carbocycles. The van der Waals surface area contributed by atoms with E-state index in [1.165, 1.54) is 25.3 Å². The zero-order valence-corrected chi connectivity index (χ0v) is 15.5. The molecule has 1 heterocycles.